The summed E-state index contributed by atoms with van der Waals surface area (Å²) in [5.74, 6) is 0. The Morgan fingerprint density at radius 1 is 1.50 bits per heavy atom. The second-order valence-electron chi connectivity index (χ2n) is 2.88. The van der Waals surface area contributed by atoms with Gasteiger partial charge < -0.3 is 15.6 Å². The fraction of sp³-hybridized carbons (Fsp3) is 0.556. The normalized spacial score (nSPS) is 13.2. The Balaban J connectivity index is 2.45. The maximum Gasteiger partial charge on any atom is 0.0344 e. The summed E-state index contributed by atoms with van der Waals surface area (Å²) in [6.45, 7) is 1.04. The van der Waals surface area contributed by atoms with Gasteiger partial charge in [-0.25, -0.2) is 0 Å². The van der Waals surface area contributed by atoms with Crippen LogP contribution in [0, 0.1) is 0 Å². The molecule has 0 aliphatic heterocycles. The lowest BCUT2D eigenvalue weighted by Crippen LogP contribution is -2.21. The van der Waals surface area contributed by atoms with Crippen molar-refractivity contribution in [3.8, 4) is 0 Å². The third-order valence-electron chi connectivity index (χ3n) is 2.06. The molecule has 0 amide bonds. The van der Waals surface area contributed by atoms with Gasteiger partial charge in [-0.1, -0.05) is 0 Å². The first-order valence-corrected chi connectivity index (χ1v) is 4.33. The zero-order valence-corrected chi connectivity index (χ0v) is 7.72. The average Bonchev–Trinajstić information content (AvgIpc) is 2.59. The van der Waals surface area contributed by atoms with Crippen molar-refractivity contribution in [3.63, 3.8) is 0 Å². The highest BCUT2D eigenvalue weighted by molar-refractivity contribution is 5.13. The van der Waals surface area contributed by atoms with E-state index in [4.69, 9.17) is 0 Å². The molecule has 3 heteroatoms. The summed E-state index contributed by atoms with van der Waals surface area (Å²) in [5.41, 5.74) is 1.33. The van der Waals surface area contributed by atoms with Gasteiger partial charge in [0.25, 0.3) is 0 Å². The number of rotatable bonds is 5. The molecule has 0 aliphatic carbocycles. The molecule has 0 fully saturated rings. The first-order chi connectivity index (χ1) is 5.88. The molecule has 3 N–H and O–H groups in total. The van der Waals surface area contributed by atoms with Gasteiger partial charge in [0.15, 0.2) is 0 Å². The minimum absolute atomic E-state index is 0.462. The standard InChI is InChI=1S/C9H17N3/c1-10-5-4-9(11-2)8-3-6-12-7-8/h3,6-7,9-12H,4-5H2,1-2H3. The molecule has 3 nitrogen and oxygen atoms in total. The van der Waals surface area contributed by atoms with E-state index < -0.39 is 0 Å². The van der Waals surface area contributed by atoms with Crippen molar-refractivity contribution < 1.29 is 0 Å². The van der Waals surface area contributed by atoms with Gasteiger partial charge in [0.05, 0.1) is 0 Å². The maximum atomic E-state index is 3.28. The molecule has 68 valence electrons. The molecule has 1 heterocycles. The second kappa shape index (κ2) is 4.95. The van der Waals surface area contributed by atoms with Crippen molar-refractivity contribution in [1.29, 1.82) is 0 Å². The van der Waals surface area contributed by atoms with E-state index >= 15 is 0 Å². The van der Waals surface area contributed by atoms with E-state index in [0.717, 1.165) is 13.0 Å². The van der Waals surface area contributed by atoms with Gasteiger partial charge >= 0.3 is 0 Å². The van der Waals surface area contributed by atoms with E-state index in [2.05, 4.69) is 21.7 Å². The fourth-order valence-electron chi connectivity index (χ4n) is 1.32. The van der Waals surface area contributed by atoms with Crippen molar-refractivity contribution in [2.24, 2.45) is 0 Å². The molecule has 0 saturated heterocycles. The molecule has 12 heavy (non-hydrogen) atoms. The predicted octanol–water partition coefficient (Wildman–Crippen LogP) is 0.885. The SMILES string of the molecule is CNCCC(NC)c1cc[nH]c1. The molecule has 1 unspecified atom stereocenters. The molecular weight excluding hydrogens is 150 g/mol. The Labute approximate surface area is 73.6 Å². The van der Waals surface area contributed by atoms with Crippen LogP contribution in [0.4, 0.5) is 0 Å². The summed E-state index contributed by atoms with van der Waals surface area (Å²) in [7, 11) is 3.97. The number of hydrogen-bond donors (Lipinski definition) is 3. The molecular formula is C9H17N3. The largest absolute Gasteiger partial charge is 0.367 e. The molecule has 0 saturated carbocycles. The van der Waals surface area contributed by atoms with E-state index in [0.29, 0.717) is 6.04 Å². The molecule has 1 atom stereocenters. The minimum Gasteiger partial charge on any atom is -0.367 e. The van der Waals surface area contributed by atoms with Crippen LogP contribution in [0.15, 0.2) is 18.5 Å². The zero-order valence-electron chi connectivity index (χ0n) is 7.72. The van der Waals surface area contributed by atoms with Crippen LogP contribution in [0.25, 0.3) is 0 Å². The van der Waals surface area contributed by atoms with Crippen LogP contribution >= 0.6 is 0 Å². The van der Waals surface area contributed by atoms with Crippen LogP contribution in [-0.2, 0) is 0 Å². The van der Waals surface area contributed by atoms with E-state index in [1.807, 2.05) is 26.5 Å². The van der Waals surface area contributed by atoms with Crippen molar-refractivity contribution in [2.75, 3.05) is 20.6 Å². The third kappa shape index (κ3) is 2.36. The Bertz CT molecular complexity index is 194. The van der Waals surface area contributed by atoms with Crippen LogP contribution in [0.5, 0.6) is 0 Å². The van der Waals surface area contributed by atoms with Gasteiger partial charge in [0.2, 0.25) is 0 Å². The van der Waals surface area contributed by atoms with Crippen molar-refractivity contribution >= 4 is 0 Å². The molecule has 0 bridgehead atoms. The first-order valence-electron chi connectivity index (χ1n) is 4.33. The summed E-state index contributed by atoms with van der Waals surface area (Å²) in [5, 5.41) is 6.42. The summed E-state index contributed by atoms with van der Waals surface area (Å²) in [6.07, 6.45) is 5.11. The van der Waals surface area contributed by atoms with Crippen LogP contribution in [-0.4, -0.2) is 25.6 Å². The van der Waals surface area contributed by atoms with Gasteiger partial charge in [-0.2, -0.15) is 0 Å². The first kappa shape index (κ1) is 9.29. The predicted molar refractivity (Wildman–Crippen MR) is 51.1 cm³/mol. The third-order valence-corrected chi connectivity index (χ3v) is 2.06. The van der Waals surface area contributed by atoms with Gasteiger partial charge in [-0.05, 0) is 38.7 Å². The molecule has 1 aromatic heterocycles. The fourth-order valence-corrected chi connectivity index (χ4v) is 1.32. The van der Waals surface area contributed by atoms with Gasteiger partial charge in [0.1, 0.15) is 0 Å². The van der Waals surface area contributed by atoms with E-state index in [9.17, 15) is 0 Å². The van der Waals surface area contributed by atoms with Crippen molar-refractivity contribution in [1.82, 2.24) is 15.6 Å². The topological polar surface area (TPSA) is 39.8 Å². The smallest absolute Gasteiger partial charge is 0.0344 e. The van der Waals surface area contributed by atoms with E-state index in [-0.39, 0.29) is 0 Å². The molecule has 0 spiro atoms. The summed E-state index contributed by atoms with van der Waals surface area (Å²) in [6, 6.07) is 2.57. The van der Waals surface area contributed by atoms with Crippen LogP contribution in [0.2, 0.25) is 0 Å². The van der Waals surface area contributed by atoms with Crippen molar-refractivity contribution in [3.05, 3.63) is 24.0 Å². The molecule has 0 aromatic carbocycles. The van der Waals surface area contributed by atoms with Gasteiger partial charge in [-0.3, -0.25) is 0 Å². The quantitative estimate of drug-likeness (QED) is 0.609. The monoisotopic (exact) mass is 167 g/mol. The maximum absolute atomic E-state index is 3.28. The number of aromatic amines is 1. The van der Waals surface area contributed by atoms with Crippen LogP contribution in [0.3, 0.4) is 0 Å². The van der Waals surface area contributed by atoms with E-state index in [1.165, 1.54) is 5.56 Å². The highest BCUT2D eigenvalue weighted by atomic mass is 14.9. The molecule has 0 aliphatic rings. The summed E-state index contributed by atoms with van der Waals surface area (Å²) in [4.78, 5) is 3.06. The number of hydrogen-bond acceptors (Lipinski definition) is 2. The minimum atomic E-state index is 0.462. The zero-order chi connectivity index (χ0) is 8.81. The molecule has 1 rings (SSSR count). The highest BCUT2D eigenvalue weighted by Gasteiger charge is 2.07. The molecule has 0 radical (unpaired) electrons. The van der Waals surface area contributed by atoms with Gasteiger partial charge in [0, 0.05) is 18.4 Å². The Kier molecular flexibility index (Phi) is 3.84. The average molecular weight is 167 g/mol. The summed E-state index contributed by atoms with van der Waals surface area (Å²) < 4.78 is 0. The van der Waals surface area contributed by atoms with Crippen LogP contribution in [0.1, 0.15) is 18.0 Å². The highest BCUT2D eigenvalue weighted by Crippen LogP contribution is 2.13. The molecule has 1 aromatic rings. The second-order valence-corrected chi connectivity index (χ2v) is 2.88. The summed E-state index contributed by atoms with van der Waals surface area (Å²) >= 11 is 0. The van der Waals surface area contributed by atoms with Gasteiger partial charge in [-0.15, -0.1) is 0 Å². The Morgan fingerprint density at radius 3 is 2.83 bits per heavy atom. The van der Waals surface area contributed by atoms with E-state index in [1.54, 1.807) is 0 Å². The lowest BCUT2D eigenvalue weighted by atomic mass is 10.1. The number of aromatic nitrogens is 1. The van der Waals surface area contributed by atoms with Crippen LogP contribution < -0.4 is 10.6 Å². The lowest BCUT2D eigenvalue weighted by molar-refractivity contribution is 0.534. The Morgan fingerprint density at radius 2 is 2.33 bits per heavy atom. The van der Waals surface area contributed by atoms with Crippen molar-refractivity contribution in [2.45, 2.75) is 12.5 Å². The number of H-pyrrole nitrogens is 1. The lowest BCUT2D eigenvalue weighted by Gasteiger charge is -2.13. The number of nitrogens with one attached hydrogen (secondary N) is 3. The Hall–Kier alpha value is -0.800.